The van der Waals surface area contributed by atoms with Crippen LogP contribution in [0.5, 0.6) is 0 Å². The summed E-state index contributed by atoms with van der Waals surface area (Å²) in [6.07, 6.45) is 1.82. The van der Waals surface area contributed by atoms with E-state index in [1.165, 1.54) is 11.1 Å². The number of hydrogen-bond acceptors (Lipinski definition) is 2. The van der Waals surface area contributed by atoms with E-state index in [4.69, 9.17) is 20.4 Å². The fourth-order valence-corrected chi connectivity index (χ4v) is 4.43. The molecule has 0 saturated heterocycles. The zero-order valence-corrected chi connectivity index (χ0v) is 15.6. The predicted molar refractivity (Wildman–Crippen MR) is 105 cm³/mol. The smallest absolute Gasteiger partial charge is 0.142 e. The van der Waals surface area contributed by atoms with E-state index in [-0.39, 0.29) is 5.41 Å². The maximum absolute atomic E-state index is 6.27. The topological polar surface area (TPSA) is 26.3 Å². The molecule has 1 aliphatic carbocycles. The number of aryl methyl sites for hydroxylation is 2. The molecule has 5 rings (SSSR count). The van der Waals surface area contributed by atoms with Crippen LogP contribution in [0.3, 0.4) is 0 Å². The Kier molecular flexibility index (Phi) is 3.35. The van der Waals surface area contributed by atoms with Crippen molar-refractivity contribution in [2.24, 2.45) is 0 Å². The minimum atomic E-state index is -0.124. The first-order valence-corrected chi connectivity index (χ1v) is 9.32. The Bertz CT molecular complexity index is 1120. The minimum absolute atomic E-state index is 0.124. The van der Waals surface area contributed by atoms with E-state index < -0.39 is 0 Å². The molecule has 2 nitrogen and oxygen atoms in total. The summed E-state index contributed by atoms with van der Waals surface area (Å²) in [4.78, 5) is 0. The second kappa shape index (κ2) is 5.52. The number of halogens is 1. The highest BCUT2D eigenvalue weighted by molar-refractivity contribution is 6.31. The molecule has 1 atom stereocenters. The van der Waals surface area contributed by atoms with Gasteiger partial charge < -0.3 is 8.83 Å². The van der Waals surface area contributed by atoms with E-state index in [2.05, 4.69) is 43.3 Å². The molecule has 26 heavy (non-hydrogen) atoms. The molecule has 0 aliphatic heterocycles. The van der Waals surface area contributed by atoms with E-state index >= 15 is 0 Å². The van der Waals surface area contributed by atoms with Crippen LogP contribution >= 0.6 is 11.6 Å². The van der Waals surface area contributed by atoms with E-state index in [9.17, 15) is 0 Å². The Morgan fingerprint density at radius 2 is 1.81 bits per heavy atom. The molecule has 2 aromatic carbocycles. The van der Waals surface area contributed by atoms with Gasteiger partial charge in [0.15, 0.2) is 0 Å². The highest BCUT2D eigenvalue weighted by Crippen LogP contribution is 2.49. The number of hydrogen-bond donors (Lipinski definition) is 0. The Labute approximate surface area is 157 Å². The van der Waals surface area contributed by atoms with E-state index in [1.807, 2.05) is 25.1 Å². The lowest BCUT2D eigenvalue weighted by Crippen LogP contribution is -2.23. The summed E-state index contributed by atoms with van der Waals surface area (Å²) in [5.41, 5.74) is 4.32. The van der Waals surface area contributed by atoms with Gasteiger partial charge in [0, 0.05) is 27.8 Å². The fourth-order valence-electron chi connectivity index (χ4n) is 4.26. The summed E-state index contributed by atoms with van der Waals surface area (Å²) < 4.78 is 12.4. The van der Waals surface area contributed by atoms with Crippen LogP contribution in [0.2, 0.25) is 5.02 Å². The summed E-state index contributed by atoms with van der Waals surface area (Å²) in [7, 11) is 0. The summed E-state index contributed by atoms with van der Waals surface area (Å²) in [5, 5.41) is 1.74. The molecule has 0 bridgehead atoms. The molecule has 2 heterocycles. The molecule has 3 heteroatoms. The van der Waals surface area contributed by atoms with Crippen LogP contribution in [-0.2, 0) is 11.8 Å². The van der Waals surface area contributed by atoms with Crippen LogP contribution in [0.4, 0.5) is 0 Å². The quantitative estimate of drug-likeness (QED) is 0.368. The second-order valence-corrected chi connectivity index (χ2v) is 7.78. The normalized spacial score (nSPS) is 19.2. The van der Waals surface area contributed by atoms with Crippen LogP contribution in [0.1, 0.15) is 36.0 Å². The van der Waals surface area contributed by atoms with Gasteiger partial charge in [-0.15, -0.1) is 0 Å². The second-order valence-electron chi connectivity index (χ2n) is 7.34. The third kappa shape index (κ3) is 2.18. The molecule has 0 unspecified atom stereocenters. The third-order valence-corrected chi connectivity index (χ3v) is 5.90. The Morgan fingerprint density at radius 1 is 1.00 bits per heavy atom. The van der Waals surface area contributed by atoms with Gasteiger partial charge in [0.1, 0.15) is 22.9 Å². The maximum atomic E-state index is 6.27. The first-order valence-electron chi connectivity index (χ1n) is 8.94. The van der Waals surface area contributed by atoms with Gasteiger partial charge in [-0.2, -0.15) is 0 Å². The maximum Gasteiger partial charge on any atom is 0.142 e. The molecular formula is C23H19ClO2. The number of benzene rings is 2. The van der Waals surface area contributed by atoms with Crippen LogP contribution in [0.25, 0.3) is 22.3 Å². The van der Waals surface area contributed by atoms with Crippen molar-refractivity contribution in [3.8, 4) is 11.3 Å². The molecule has 0 saturated carbocycles. The van der Waals surface area contributed by atoms with Crippen molar-refractivity contribution in [1.82, 2.24) is 0 Å². The van der Waals surface area contributed by atoms with Gasteiger partial charge in [0.25, 0.3) is 0 Å². The van der Waals surface area contributed by atoms with Gasteiger partial charge in [0.2, 0.25) is 0 Å². The lowest BCUT2D eigenvalue weighted by Gasteiger charge is -2.29. The molecule has 2 aromatic heterocycles. The highest BCUT2D eigenvalue weighted by Gasteiger charge is 2.38. The Morgan fingerprint density at radius 3 is 2.62 bits per heavy atom. The number of fused-ring (bicyclic) bond motifs is 5. The predicted octanol–water partition coefficient (Wildman–Crippen LogP) is 6.91. The highest BCUT2D eigenvalue weighted by atomic mass is 35.5. The van der Waals surface area contributed by atoms with E-state index in [0.29, 0.717) is 5.02 Å². The minimum Gasteiger partial charge on any atom is -0.461 e. The van der Waals surface area contributed by atoms with Crippen molar-refractivity contribution in [1.29, 1.82) is 0 Å². The average Bonchev–Trinajstić information content (AvgIpc) is 3.17. The molecule has 0 N–H and O–H groups in total. The average molecular weight is 363 g/mol. The fraction of sp³-hybridized carbons (Fsp3) is 0.217. The summed E-state index contributed by atoms with van der Waals surface area (Å²) in [6.45, 7) is 4.31. The third-order valence-electron chi connectivity index (χ3n) is 5.66. The zero-order chi connectivity index (χ0) is 17.9. The molecule has 130 valence electrons. The Hall–Kier alpha value is -2.45. The standard InChI is InChI=1S/C23H19ClO2/c1-14-12-18-22(25-14)21-17-13-16(24)8-9-19(17)26-20(21)10-11-23(18,2)15-6-4-3-5-7-15/h3-9,12-13H,10-11H2,1-2H3/t23-/m1/s1. The van der Waals surface area contributed by atoms with Crippen LogP contribution < -0.4 is 0 Å². The first-order chi connectivity index (χ1) is 12.6. The van der Waals surface area contributed by atoms with Crippen molar-refractivity contribution < 1.29 is 8.83 Å². The van der Waals surface area contributed by atoms with Gasteiger partial charge in [-0.25, -0.2) is 0 Å². The molecule has 0 amide bonds. The SMILES string of the molecule is Cc1cc2c(o1)-c1c(oc3ccc(Cl)cc13)CC[C@]2(C)c1ccccc1. The number of furan rings is 2. The van der Waals surface area contributed by atoms with Gasteiger partial charge in [-0.3, -0.25) is 0 Å². The molecule has 0 fully saturated rings. The van der Waals surface area contributed by atoms with Crippen molar-refractivity contribution in [3.63, 3.8) is 0 Å². The van der Waals surface area contributed by atoms with Gasteiger partial charge in [-0.05, 0) is 43.2 Å². The van der Waals surface area contributed by atoms with E-state index in [0.717, 1.165) is 46.7 Å². The van der Waals surface area contributed by atoms with Crippen LogP contribution in [-0.4, -0.2) is 0 Å². The first kappa shape index (κ1) is 15.8. The lowest BCUT2D eigenvalue weighted by molar-refractivity contribution is 0.477. The summed E-state index contributed by atoms with van der Waals surface area (Å²) in [6, 6.07) is 18.6. The molecule has 4 aromatic rings. The van der Waals surface area contributed by atoms with Gasteiger partial charge in [-0.1, -0.05) is 48.9 Å². The van der Waals surface area contributed by atoms with Crippen molar-refractivity contribution in [2.75, 3.05) is 0 Å². The zero-order valence-electron chi connectivity index (χ0n) is 14.8. The van der Waals surface area contributed by atoms with Crippen molar-refractivity contribution >= 4 is 22.6 Å². The molecule has 0 radical (unpaired) electrons. The molecular weight excluding hydrogens is 344 g/mol. The molecule has 0 spiro atoms. The Balaban J connectivity index is 1.83. The summed E-state index contributed by atoms with van der Waals surface area (Å²) >= 11 is 6.27. The van der Waals surface area contributed by atoms with Crippen LogP contribution in [0, 0.1) is 6.92 Å². The van der Waals surface area contributed by atoms with Gasteiger partial charge in [0.05, 0.1) is 5.56 Å². The lowest BCUT2D eigenvalue weighted by atomic mass is 9.73. The van der Waals surface area contributed by atoms with Gasteiger partial charge >= 0.3 is 0 Å². The molecule has 1 aliphatic rings. The summed E-state index contributed by atoms with van der Waals surface area (Å²) in [5.74, 6) is 2.82. The number of rotatable bonds is 1. The monoisotopic (exact) mass is 362 g/mol. The van der Waals surface area contributed by atoms with Crippen molar-refractivity contribution in [2.45, 2.75) is 32.1 Å². The largest absolute Gasteiger partial charge is 0.461 e. The van der Waals surface area contributed by atoms with Crippen LogP contribution in [0.15, 0.2) is 63.4 Å². The van der Waals surface area contributed by atoms with Crippen molar-refractivity contribution in [3.05, 3.63) is 82.3 Å². The van der Waals surface area contributed by atoms with E-state index in [1.54, 1.807) is 0 Å².